The van der Waals surface area contributed by atoms with Gasteiger partial charge in [-0.1, -0.05) is 0 Å². The van der Waals surface area contributed by atoms with Gasteiger partial charge in [0.1, 0.15) is 11.4 Å². The number of amides is 2. The molecule has 36 heavy (non-hydrogen) atoms. The molecule has 0 radical (unpaired) electrons. The van der Waals surface area contributed by atoms with E-state index in [4.69, 9.17) is 5.73 Å². The molecule has 3 heterocycles. The maximum atomic E-state index is 13.3. The number of anilines is 2. The Labute approximate surface area is 206 Å². The van der Waals surface area contributed by atoms with Crippen molar-refractivity contribution >= 4 is 23.5 Å². The van der Waals surface area contributed by atoms with Crippen LogP contribution in [0.2, 0.25) is 0 Å². The van der Waals surface area contributed by atoms with Gasteiger partial charge < -0.3 is 21.1 Å². The first kappa shape index (κ1) is 24.7. The van der Waals surface area contributed by atoms with Crippen LogP contribution in [0.4, 0.5) is 20.7 Å². The molecule has 4 atom stereocenters. The van der Waals surface area contributed by atoms with Crippen LogP contribution in [0.15, 0.2) is 48.9 Å². The molecule has 2 aromatic heterocycles. The maximum absolute atomic E-state index is 13.3. The second-order valence-electron chi connectivity index (χ2n) is 9.16. The number of hydrogen-bond donors (Lipinski definition) is 3. The number of nitrogens with one attached hydrogen (secondary N) is 1. The van der Waals surface area contributed by atoms with E-state index in [0.29, 0.717) is 18.5 Å². The standard InChI is InChI=1S/C24H27FN8O3/c1-15(32-10-3-9-28-32)12-24(2)19(13-26)20(8-11-31(24)23(35)36)33-14-18(21(27)34)22(30-33)29-17-6-4-16(25)5-7-17/h3-7,9-10,14-15,19-20H,8,11-12H2,1-2H3,(H2,27,34)(H,29,30)(H,35,36)/t15?,19-,20-,24?/m1/s1. The van der Waals surface area contributed by atoms with E-state index in [2.05, 4.69) is 21.6 Å². The second-order valence-corrected chi connectivity index (χ2v) is 9.16. The molecule has 2 amide bonds. The third kappa shape index (κ3) is 4.59. The fraction of sp³-hybridized carbons (Fsp3) is 0.375. The third-order valence-corrected chi connectivity index (χ3v) is 6.82. The third-order valence-electron chi connectivity index (χ3n) is 6.82. The van der Waals surface area contributed by atoms with Crippen molar-refractivity contribution in [1.29, 1.82) is 5.26 Å². The van der Waals surface area contributed by atoms with Crippen molar-refractivity contribution in [2.45, 2.75) is 44.3 Å². The summed E-state index contributed by atoms with van der Waals surface area (Å²) < 4.78 is 16.5. The summed E-state index contributed by atoms with van der Waals surface area (Å²) in [5, 5.41) is 32.0. The highest BCUT2D eigenvalue weighted by atomic mass is 19.1. The smallest absolute Gasteiger partial charge is 0.407 e. The number of likely N-dealkylation sites (tertiary alicyclic amines) is 1. The Kier molecular flexibility index (Phi) is 6.65. The van der Waals surface area contributed by atoms with E-state index in [0.717, 1.165) is 0 Å². The van der Waals surface area contributed by atoms with Crippen LogP contribution in [-0.2, 0) is 0 Å². The molecule has 1 fully saturated rings. The van der Waals surface area contributed by atoms with E-state index in [1.807, 2.05) is 6.92 Å². The van der Waals surface area contributed by atoms with Crippen LogP contribution in [0.1, 0.15) is 49.1 Å². The molecule has 0 aliphatic carbocycles. The van der Waals surface area contributed by atoms with Gasteiger partial charge in [-0.15, -0.1) is 0 Å². The number of hydrogen-bond acceptors (Lipinski definition) is 6. The maximum Gasteiger partial charge on any atom is 0.407 e. The predicted octanol–water partition coefficient (Wildman–Crippen LogP) is 3.54. The zero-order chi connectivity index (χ0) is 26.0. The highest BCUT2D eigenvalue weighted by molar-refractivity contribution is 5.98. The first-order valence-corrected chi connectivity index (χ1v) is 11.4. The Morgan fingerprint density at radius 1 is 1.39 bits per heavy atom. The lowest BCUT2D eigenvalue weighted by Crippen LogP contribution is -2.60. The zero-order valence-electron chi connectivity index (χ0n) is 19.9. The highest BCUT2D eigenvalue weighted by Gasteiger charge is 2.51. The number of carbonyl (C=O) groups is 2. The van der Waals surface area contributed by atoms with Crippen molar-refractivity contribution in [2.75, 3.05) is 11.9 Å². The average Bonchev–Trinajstić information content (AvgIpc) is 3.50. The summed E-state index contributed by atoms with van der Waals surface area (Å²) in [5.41, 5.74) is 5.11. The van der Waals surface area contributed by atoms with E-state index < -0.39 is 35.3 Å². The van der Waals surface area contributed by atoms with E-state index >= 15 is 0 Å². The summed E-state index contributed by atoms with van der Waals surface area (Å²) in [5.74, 6) is -1.76. The summed E-state index contributed by atoms with van der Waals surface area (Å²) in [6, 6.07) is 8.92. The van der Waals surface area contributed by atoms with E-state index in [1.54, 1.807) is 30.1 Å². The first-order valence-electron chi connectivity index (χ1n) is 11.4. The van der Waals surface area contributed by atoms with Crippen LogP contribution >= 0.6 is 0 Å². The molecular formula is C24H27FN8O3. The molecule has 0 bridgehead atoms. The molecule has 1 aliphatic rings. The van der Waals surface area contributed by atoms with Gasteiger partial charge >= 0.3 is 6.09 Å². The van der Waals surface area contributed by atoms with Crippen LogP contribution in [0.5, 0.6) is 0 Å². The summed E-state index contributed by atoms with van der Waals surface area (Å²) in [6.07, 6.45) is 4.44. The van der Waals surface area contributed by atoms with Crippen molar-refractivity contribution in [3.05, 3.63) is 60.3 Å². The lowest BCUT2D eigenvalue weighted by molar-refractivity contribution is -0.00498. The minimum Gasteiger partial charge on any atom is -0.465 e. The van der Waals surface area contributed by atoms with Gasteiger partial charge in [-0.25, -0.2) is 9.18 Å². The topological polar surface area (TPSA) is 155 Å². The Morgan fingerprint density at radius 2 is 2.11 bits per heavy atom. The fourth-order valence-electron chi connectivity index (χ4n) is 5.06. The number of aromatic nitrogens is 4. The van der Waals surface area contributed by atoms with E-state index in [1.165, 1.54) is 40.0 Å². The number of nitrogens with zero attached hydrogens (tertiary/aromatic N) is 6. The summed E-state index contributed by atoms with van der Waals surface area (Å²) in [7, 11) is 0. The highest BCUT2D eigenvalue weighted by Crippen LogP contribution is 2.44. The summed E-state index contributed by atoms with van der Waals surface area (Å²) in [6.45, 7) is 3.85. The molecule has 0 spiro atoms. The molecule has 1 saturated heterocycles. The quantitative estimate of drug-likeness (QED) is 0.454. The number of carbonyl (C=O) groups excluding carboxylic acids is 1. The Balaban J connectivity index is 1.70. The van der Waals surface area contributed by atoms with Crippen molar-refractivity contribution < 1.29 is 19.1 Å². The van der Waals surface area contributed by atoms with Gasteiger partial charge in [0, 0.05) is 30.8 Å². The molecule has 4 N–H and O–H groups in total. The Morgan fingerprint density at radius 3 is 2.69 bits per heavy atom. The molecule has 1 aliphatic heterocycles. The van der Waals surface area contributed by atoms with Crippen LogP contribution in [-0.4, -0.2) is 53.7 Å². The molecular weight excluding hydrogens is 467 g/mol. The molecule has 2 unspecified atom stereocenters. The fourth-order valence-corrected chi connectivity index (χ4v) is 5.06. The van der Waals surface area contributed by atoms with Gasteiger partial charge in [0.2, 0.25) is 0 Å². The van der Waals surface area contributed by atoms with Gasteiger partial charge in [0.25, 0.3) is 5.91 Å². The van der Waals surface area contributed by atoms with Gasteiger partial charge in [-0.3, -0.25) is 14.2 Å². The van der Waals surface area contributed by atoms with Gasteiger partial charge in [0.15, 0.2) is 5.82 Å². The number of halogens is 1. The van der Waals surface area contributed by atoms with Crippen molar-refractivity contribution in [3.63, 3.8) is 0 Å². The lowest BCUT2D eigenvalue weighted by Gasteiger charge is -2.50. The molecule has 188 valence electrons. The number of rotatable bonds is 7. The Bertz CT molecular complexity index is 1280. The molecule has 1 aromatic carbocycles. The zero-order valence-corrected chi connectivity index (χ0v) is 19.9. The average molecular weight is 495 g/mol. The number of piperidine rings is 1. The van der Waals surface area contributed by atoms with E-state index in [9.17, 15) is 24.3 Å². The van der Waals surface area contributed by atoms with Crippen LogP contribution < -0.4 is 11.1 Å². The molecule has 11 nitrogen and oxygen atoms in total. The molecule has 3 aromatic rings. The van der Waals surface area contributed by atoms with Gasteiger partial charge in [0.05, 0.1) is 29.6 Å². The number of nitrogens with two attached hydrogens (primary N) is 1. The summed E-state index contributed by atoms with van der Waals surface area (Å²) >= 11 is 0. The van der Waals surface area contributed by atoms with Crippen molar-refractivity contribution in [3.8, 4) is 6.07 Å². The minimum absolute atomic E-state index is 0.100. The van der Waals surface area contributed by atoms with Crippen LogP contribution in [0.3, 0.4) is 0 Å². The van der Waals surface area contributed by atoms with Crippen LogP contribution in [0.25, 0.3) is 0 Å². The SMILES string of the molecule is CC(CC1(C)[C@H](C#N)[C@H](n2cc(C(N)=O)c(Nc3ccc(F)cc3)n2)CCN1C(=O)O)n1cccn1. The van der Waals surface area contributed by atoms with Gasteiger partial charge in [-0.2, -0.15) is 15.5 Å². The molecule has 4 rings (SSSR count). The number of carboxylic acid groups (broad SMARTS) is 1. The van der Waals surface area contributed by atoms with Gasteiger partial charge in [-0.05, 0) is 57.0 Å². The van der Waals surface area contributed by atoms with Crippen LogP contribution in [0, 0.1) is 23.1 Å². The normalized spacial score (nSPS) is 22.6. The molecule has 0 saturated carbocycles. The largest absolute Gasteiger partial charge is 0.465 e. The number of nitriles is 1. The first-order chi connectivity index (χ1) is 17.1. The van der Waals surface area contributed by atoms with Crippen molar-refractivity contribution in [1.82, 2.24) is 24.5 Å². The summed E-state index contributed by atoms with van der Waals surface area (Å²) in [4.78, 5) is 25.7. The lowest BCUT2D eigenvalue weighted by atomic mass is 9.72. The Hall–Kier alpha value is -4.40. The predicted molar refractivity (Wildman–Crippen MR) is 128 cm³/mol. The minimum atomic E-state index is -1.11. The second kappa shape index (κ2) is 9.69. The number of benzene rings is 1. The van der Waals surface area contributed by atoms with Crippen molar-refractivity contribution in [2.24, 2.45) is 11.7 Å². The molecule has 12 heteroatoms. The monoisotopic (exact) mass is 494 g/mol. The number of primary amides is 1. The van der Waals surface area contributed by atoms with E-state index in [-0.39, 0.29) is 24.0 Å².